The van der Waals surface area contributed by atoms with Crippen molar-refractivity contribution in [2.45, 2.75) is 26.2 Å². The molecule has 2 aliphatic rings. The SMILES string of the molecule is C=c1c(-c2nc3c(C4=CCC=C4)cccc3[nH]2)n[nH]/c1=C/C=C(\C)C1CCNCC1. The van der Waals surface area contributed by atoms with Crippen molar-refractivity contribution in [1.82, 2.24) is 25.5 Å². The van der Waals surface area contributed by atoms with Crippen LogP contribution in [-0.4, -0.2) is 33.3 Å². The average Bonchev–Trinajstić information content (AvgIpc) is 3.52. The fourth-order valence-electron chi connectivity index (χ4n) is 4.38. The standard InChI is InChI=1S/C25H27N5/c1-16(18-12-14-26-15-13-18)10-11-21-17(2)23(30-29-21)25-27-22-9-5-8-20(24(22)28-25)19-6-3-4-7-19/h3,5-11,18,26,29H,2,4,12-15H2,1H3,(H,27,28)/b16-10+,21-11+. The van der Waals surface area contributed by atoms with E-state index in [1.807, 2.05) is 0 Å². The molecule has 3 aromatic rings. The zero-order chi connectivity index (χ0) is 20.5. The first-order chi connectivity index (χ1) is 14.7. The number of fused-ring (bicyclic) bond motifs is 1. The number of aromatic nitrogens is 4. The third-order valence-corrected chi connectivity index (χ3v) is 6.21. The molecule has 5 heteroatoms. The number of rotatable bonds is 4. The minimum absolute atomic E-state index is 0.658. The van der Waals surface area contributed by atoms with E-state index in [-0.39, 0.29) is 0 Å². The molecule has 1 fully saturated rings. The van der Waals surface area contributed by atoms with E-state index >= 15 is 0 Å². The lowest BCUT2D eigenvalue weighted by Crippen LogP contribution is -2.28. The van der Waals surface area contributed by atoms with Crippen LogP contribution in [0.4, 0.5) is 0 Å². The summed E-state index contributed by atoms with van der Waals surface area (Å²) in [6.45, 7) is 8.70. The number of nitrogens with zero attached hydrogens (tertiary/aromatic N) is 2. The lowest BCUT2D eigenvalue weighted by molar-refractivity contribution is 0.420. The summed E-state index contributed by atoms with van der Waals surface area (Å²) in [5, 5.41) is 12.9. The first kappa shape index (κ1) is 18.8. The van der Waals surface area contributed by atoms with Crippen molar-refractivity contribution in [2.24, 2.45) is 5.92 Å². The van der Waals surface area contributed by atoms with Crippen LogP contribution in [0.2, 0.25) is 0 Å². The van der Waals surface area contributed by atoms with E-state index in [1.54, 1.807) is 0 Å². The van der Waals surface area contributed by atoms with Crippen LogP contribution < -0.4 is 15.9 Å². The topological polar surface area (TPSA) is 69.4 Å². The highest BCUT2D eigenvalue weighted by Gasteiger charge is 2.15. The fraction of sp³-hybridized carbons (Fsp3) is 0.280. The number of piperidine rings is 1. The summed E-state index contributed by atoms with van der Waals surface area (Å²) < 4.78 is 0. The quantitative estimate of drug-likeness (QED) is 0.632. The van der Waals surface area contributed by atoms with E-state index in [0.717, 1.165) is 58.2 Å². The molecular formula is C25H27N5. The first-order valence-corrected chi connectivity index (χ1v) is 10.7. The lowest BCUT2D eigenvalue weighted by Gasteiger charge is -2.23. The van der Waals surface area contributed by atoms with Crippen molar-refractivity contribution in [3.63, 3.8) is 0 Å². The van der Waals surface area contributed by atoms with Crippen LogP contribution in [0.5, 0.6) is 0 Å². The van der Waals surface area contributed by atoms with Gasteiger partial charge in [0.25, 0.3) is 0 Å². The molecule has 1 aliphatic carbocycles. The van der Waals surface area contributed by atoms with Crippen molar-refractivity contribution >= 4 is 29.3 Å². The molecule has 1 aliphatic heterocycles. The predicted octanol–water partition coefficient (Wildman–Crippen LogP) is 3.43. The number of aromatic amines is 2. The molecule has 1 aromatic carbocycles. The number of H-pyrrole nitrogens is 2. The molecule has 0 spiro atoms. The van der Waals surface area contributed by atoms with Gasteiger partial charge in [0.15, 0.2) is 5.82 Å². The third-order valence-electron chi connectivity index (χ3n) is 6.21. The Morgan fingerprint density at radius 3 is 2.90 bits per heavy atom. The van der Waals surface area contributed by atoms with E-state index in [2.05, 4.69) is 82.6 Å². The number of imidazole rings is 1. The minimum atomic E-state index is 0.658. The van der Waals surface area contributed by atoms with Crippen LogP contribution in [0.25, 0.3) is 40.8 Å². The first-order valence-electron chi connectivity index (χ1n) is 10.7. The van der Waals surface area contributed by atoms with Gasteiger partial charge in [-0.2, -0.15) is 5.10 Å². The molecule has 0 saturated carbocycles. The van der Waals surface area contributed by atoms with Gasteiger partial charge in [-0.05, 0) is 62.9 Å². The monoisotopic (exact) mass is 397 g/mol. The fourth-order valence-corrected chi connectivity index (χ4v) is 4.38. The maximum atomic E-state index is 4.88. The summed E-state index contributed by atoms with van der Waals surface area (Å²) in [6.07, 6.45) is 14.3. The van der Waals surface area contributed by atoms with Gasteiger partial charge in [0.1, 0.15) is 5.69 Å². The predicted molar refractivity (Wildman–Crippen MR) is 124 cm³/mol. The molecular weight excluding hydrogens is 370 g/mol. The Hall–Kier alpha value is -3.18. The molecule has 5 rings (SSSR count). The number of allylic oxidation sites excluding steroid dienone is 6. The molecule has 30 heavy (non-hydrogen) atoms. The smallest absolute Gasteiger partial charge is 0.159 e. The summed E-state index contributed by atoms with van der Waals surface area (Å²) in [6, 6.07) is 6.25. The molecule has 0 amide bonds. The van der Waals surface area contributed by atoms with E-state index in [4.69, 9.17) is 4.98 Å². The minimum Gasteiger partial charge on any atom is -0.337 e. The van der Waals surface area contributed by atoms with Crippen LogP contribution in [0.1, 0.15) is 31.7 Å². The maximum absolute atomic E-state index is 4.88. The normalized spacial score (nSPS) is 18.5. The Labute approximate surface area is 176 Å². The third kappa shape index (κ3) is 3.46. The van der Waals surface area contributed by atoms with E-state index in [0.29, 0.717) is 5.92 Å². The van der Waals surface area contributed by atoms with Gasteiger partial charge in [-0.25, -0.2) is 4.98 Å². The van der Waals surface area contributed by atoms with Crippen molar-refractivity contribution in [2.75, 3.05) is 13.1 Å². The molecule has 1 saturated heterocycles. The lowest BCUT2D eigenvalue weighted by atomic mass is 9.91. The highest BCUT2D eigenvalue weighted by atomic mass is 15.1. The Bertz CT molecular complexity index is 1280. The summed E-state index contributed by atoms with van der Waals surface area (Å²) >= 11 is 0. The second kappa shape index (κ2) is 7.92. The Morgan fingerprint density at radius 2 is 2.10 bits per heavy atom. The van der Waals surface area contributed by atoms with Gasteiger partial charge < -0.3 is 10.3 Å². The molecule has 0 bridgehead atoms. The number of hydrogen-bond donors (Lipinski definition) is 3. The molecule has 3 heterocycles. The van der Waals surface area contributed by atoms with Crippen LogP contribution in [0, 0.1) is 5.92 Å². The van der Waals surface area contributed by atoms with Crippen LogP contribution in [-0.2, 0) is 0 Å². The summed E-state index contributed by atoms with van der Waals surface area (Å²) in [5.41, 5.74) is 6.55. The van der Waals surface area contributed by atoms with Crippen LogP contribution >= 0.6 is 0 Å². The number of para-hydroxylation sites is 1. The van der Waals surface area contributed by atoms with Gasteiger partial charge in [-0.15, -0.1) is 0 Å². The van der Waals surface area contributed by atoms with Gasteiger partial charge in [0.05, 0.1) is 16.4 Å². The Balaban J connectivity index is 1.49. The van der Waals surface area contributed by atoms with Crippen molar-refractivity contribution in [3.05, 3.63) is 64.2 Å². The van der Waals surface area contributed by atoms with E-state index in [1.165, 1.54) is 24.0 Å². The number of hydrogen-bond acceptors (Lipinski definition) is 3. The van der Waals surface area contributed by atoms with Gasteiger partial charge in [0.2, 0.25) is 0 Å². The van der Waals surface area contributed by atoms with E-state index < -0.39 is 0 Å². The maximum Gasteiger partial charge on any atom is 0.159 e. The van der Waals surface area contributed by atoms with E-state index in [9.17, 15) is 0 Å². The second-order valence-corrected chi connectivity index (χ2v) is 8.15. The molecule has 5 nitrogen and oxygen atoms in total. The van der Waals surface area contributed by atoms with Crippen molar-refractivity contribution < 1.29 is 0 Å². The average molecular weight is 398 g/mol. The number of benzene rings is 1. The highest BCUT2D eigenvalue weighted by Crippen LogP contribution is 2.28. The largest absolute Gasteiger partial charge is 0.337 e. The van der Waals surface area contributed by atoms with Gasteiger partial charge in [-0.3, -0.25) is 5.10 Å². The van der Waals surface area contributed by atoms with Crippen LogP contribution in [0.3, 0.4) is 0 Å². The Morgan fingerprint density at radius 1 is 1.23 bits per heavy atom. The zero-order valence-corrected chi connectivity index (χ0v) is 17.3. The zero-order valence-electron chi connectivity index (χ0n) is 17.3. The summed E-state index contributed by atoms with van der Waals surface area (Å²) in [7, 11) is 0. The van der Waals surface area contributed by atoms with Crippen molar-refractivity contribution in [3.8, 4) is 11.5 Å². The summed E-state index contributed by atoms with van der Waals surface area (Å²) in [4.78, 5) is 8.31. The molecule has 0 atom stereocenters. The van der Waals surface area contributed by atoms with Gasteiger partial charge >= 0.3 is 0 Å². The second-order valence-electron chi connectivity index (χ2n) is 8.15. The number of nitrogens with one attached hydrogen (secondary N) is 3. The molecule has 152 valence electrons. The Kier molecular flexibility index (Phi) is 4.97. The molecule has 3 N–H and O–H groups in total. The van der Waals surface area contributed by atoms with Gasteiger partial charge in [-0.1, -0.05) is 48.6 Å². The summed E-state index contributed by atoms with van der Waals surface area (Å²) in [5.74, 6) is 1.41. The molecule has 2 aromatic heterocycles. The van der Waals surface area contributed by atoms with Crippen molar-refractivity contribution in [1.29, 1.82) is 0 Å². The molecule has 0 radical (unpaired) electrons. The molecule has 0 unspecified atom stereocenters. The van der Waals surface area contributed by atoms with Gasteiger partial charge in [0, 0.05) is 10.8 Å². The van der Waals surface area contributed by atoms with Crippen LogP contribution in [0.15, 0.2) is 48.1 Å². The highest BCUT2D eigenvalue weighted by molar-refractivity contribution is 5.94.